The van der Waals surface area contributed by atoms with Crippen LogP contribution in [-0.2, 0) is 13.1 Å². The number of rotatable bonds is 6. The van der Waals surface area contributed by atoms with Gasteiger partial charge in [-0.25, -0.2) is 0 Å². The lowest BCUT2D eigenvalue weighted by molar-refractivity contribution is -0.00000885. The summed E-state index contributed by atoms with van der Waals surface area (Å²) in [7, 11) is 5.82. The van der Waals surface area contributed by atoms with Crippen LogP contribution in [0.4, 0.5) is 28.4 Å². The molecule has 7 rings (SSSR count). The molecule has 0 amide bonds. The van der Waals surface area contributed by atoms with Crippen molar-refractivity contribution >= 4 is 44.4 Å². The Morgan fingerprint density at radius 3 is 1.93 bits per heavy atom. The van der Waals surface area contributed by atoms with Gasteiger partial charge < -0.3 is 43.3 Å². The summed E-state index contributed by atoms with van der Waals surface area (Å²) in [5, 5.41) is 0. The number of fused-ring (bicyclic) bond motifs is 6. The average Bonchev–Trinajstić information content (AvgIpc) is 3.02. The van der Waals surface area contributed by atoms with Crippen molar-refractivity contribution in [2.45, 2.75) is 13.1 Å². The molecule has 0 saturated carbocycles. The van der Waals surface area contributed by atoms with Crippen LogP contribution in [-0.4, -0.2) is 27.9 Å². The second-order valence-electron chi connectivity index (χ2n) is 11.2. The molecule has 0 aromatic heterocycles. The van der Waals surface area contributed by atoms with Crippen molar-refractivity contribution < 1.29 is 33.5 Å². The number of anilines is 4. The number of hydrogen-bond acceptors (Lipinski definition) is 4. The zero-order chi connectivity index (χ0) is 28.8. The Balaban J connectivity index is 0.00000329. The highest BCUT2D eigenvalue weighted by Gasteiger charge is 2.42. The summed E-state index contributed by atoms with van der Waals surface area (Å²) in [5.74, 6) is 1.77. The SMILES string of the molecule is COc1cc2c(cc1Br)C[N+]1(C)CN2Cc2cc(-c3ccc(N(c4ccccc4)c4ccccc4)cc3)c(OC)cc21.[I-]. The lowest BCUT2D eigenvalue weighted by Gasteiger charge is -2.48. The highest BCUT2D eigenvalue weighted by Crippen LogP contribution is 2.48. The maximum absolute atomic E-state index is 6.03. The minimum Gasteiger partial charge on any atom is -1.00 e. The molecular formula is C36H33BrIN3O2. The average molecular weight is 746 g/mol. The maximum Gasteiger partial charge on any atom is 0.159 e. The molecule has 5 aromatic rings. The van der Waals surface area contributed by atoms with Crippen LogP contribution in [0.1, 0.15) is 11.1 Å². The molecule has 0 N–H and O–H groups in total. The molecule has 2 bridgehead atoms. The van der Waals surface area contributed by atoms with Crippen LogP contribution in [0.2, 0.25) is 0 Å². The lowest BCUT2D eigenvalue weighted by atomic mass is 9.94. The molecule has 1 unspecified atom stereocenters. The van der Waals surface area contributed by atoms with Gasteiger partial charge in [0.1, 0.15) is 23.7 Å². The molecule has 0 aliphatic carbocycles. The van der Waals surface area contributed by atoms with Crippen molar-refractivity contribution in [2.24, 2.45) is 0 Å². The van der Waals surface area contributed by atoms with Gasteiger partial charge in [-0.15, -0.1) is 0 Å². The van der Waals surface area contributed by atoms with E-state index in [1.807, 2.05) is 0 Å². The molecule has 218 valence electrons. The van der Waals surface area contributed by atoms with Gasteiger partial charge in [0, 0.05) is 45.9 Å². The third-order valence-corrected chi connectivity index (χ3v) is 9.12. The van der Waals surface area contributed by atoms with Gasteiger partial charge in [-0.1, -0.05) is 48.5 Å². The predicted octanol–water partition coefficient (Wildman–Crippen LogP) is 6.04. The van der Waals surface area contributed by atoms with Crippen LogP contribution < -0.4 is 47.7 Å². The van der Waals surface area contributed by atoms with E-state index < -0.39 is 0 Å². The number of para-hydroxylation sites is 2. The molecule has 43 heavy (non-hydrogen) atoms. The normalized spacial score (nSPS) is 16.4. The highest BCUT2D eigenvalue weighted by molar-refractivity contribution is 9.10. The first-order valence-corrected chi connectivity index (χ1v) is 14.9. The molecule has 2 aliphatic rings. The Bertz CT molecular complexity index is 1730. The van der Waals surface area contributed by atoms with Crippen LogP contribution in [0.3, 0.4) is 0 Å². The van der Waals surface area contributed by atoms with Gasteiger partial charge in [0.25, 0.3) is 0 Å². The Hall–Kier alpha value is -3.53. The molecule has 5 nitrogen and oxygen atoms in total. The monoisotopic (exact) mass is 745 g/mol. The largest absolute Gasteiger partial charge is 1.00 e. The molecule has 2 aliphatic heterocycles. The molecule has 0 fully saturated rings. The summed E-state index contributed by atoms with van der Waals surface area (Å²) in [5.41, 5.74) is 10.8. The van der Waals surface area contributed by atoms with E-state index in [4.69, 9.17) is 9.47 Å². The maximum atomic E-state index is 6.03. The minimum atomic E-state index is 0. The van der Waals surface area contributed by atoms with E-state index in [2.05, 4.69) is 142 Å². The third-order valence-electron chi connectivity index (χ3n) is 8.50. The summed E-state index contributed by atoms with van der Waals surface area (Å²) < 4.78 is 13.5. The molecule has 0 saturated heterocycles. The zero-order valence-electron chi connectivity index (χ0n) is 24.4. The van der Waals surface area contributed by atoms with E-state index >= 15 is 0 Å². The molecule has 0 radical (unpaired) electrons. The van der Waals surface area contributed by atoms with Gasteiger partial charge >= 0.3 is 0 Å². The van der Waals surface area contributed by atoms with Crippen molar-refractivity contribution in [1.82, 2.24) is 4.48 Å². The number of benzene rings is 5. The Labute approximate surface area is 279 Å². The Morgan fingerprint density at radius 2 is 1.33 bits per heavy atom. The van der Waals surface area contributed by atoms with Crippen LogP contribution in [0.15, 0.2) is 114 Å². The molecule has 5 aromatic carbocycles. The molecule has 7 heteroatoms. The summed E-state index contributed by atoms with van der Waals surface area (Å²) in [6.07, 6.45) is 0. The van der Waals surface area contributed by atoms with Crippen molar-refractivity contribution in [3.05, 3.63) is 125 Å². The molecule has 0 spiro atoms. The van der Waals surface area contributed by atoms with Crippen LogP contribution >= 0.6 is 15.9 Å². The van der Waals surface area contributed by atoms with Crippen LogP contribution in [0, 0.1) is 0 Å². The second-order valence-corrected chi connectivity index (χ2v) is 12.1. The Kier molecular flexibility index (Phi) is 8.15. The number of quaternary nitrogens is 1. The zero-order valence-corrected chi connectivity index (χ0v) is 28.2. The standard InChI is InChI=1S/C36H33BrN3O2.HI/c1-40-23-27-19-32(37)36(42-3)20-33(27)38(24-40)22-26-18-31(35(41-2)21-34(26)40)25-14-16-30(17-15-25)39(28-10-6-4-7-11-28)29-12-8-5-9-13-29;/h4-21H,22-24H2,1-3H3;1H/q+1;/p-1. The van der Waals surface area contributed by atoms with Crippen molar-refractivity contribution in [3.63, 3.8) is 0 Å². The first-order valence-electron chi connectivity index (χ1n) is 14.2. The fourth-order valence-corrected chi connectivity index (χ4v) is 7.12. The number of halogens is 2. The topological polar surface area (TPSA) is 24.9 Å². The van der Waals surface area contributed by atoms with Crippen LogP contribution in [0.5, 0.6) is 11.5 Å². The van der Waals surface area contributed by atoms with Gasteiger partial charge in [-0.2, -0.15) is 0 Å². The van der Waals surface area contributed by atoms with Crippen molar-refractivity contribution in [3.8, 4) is 22.6 Å². The van der Waals surface area contributed by atoms with E-state index in [1.165, 1.54) is 22.5 Å². The molecular weight excluding hydrogens is 713 g/mol. The number of nitrogens with zero attached hydrogens (tertiary/aromatic N) is 3. The predicted molar refractivity (Wildman–Crippen MR) is 176 cm³/mol. The first kappa shape index (κ1) is 29.5. The van der Waals surface area contributed by atoms with Crippen molar-refractivity contribution in [1.29, 1.82) is 0 Å². The van der Waals surface area contributed by atoms with Crippen molar-refractivity contribution in [2.75, 3.05) is 37.7 Å². The second kappa shape index (κ2) is 11.9. The quantitative estimate of drug-likeness (QED) is 0.157. The van der Waals surface area contributed by atoms with Gasteiger partial charge in [0.05, 0.1) is 38.0 Å². The van der Waals surface area contributed by atoms with Crippen LogP contribution in [0.25, 0.3) is 11.1 Å². The molecule has 1 atom stereocenters. The fraction of sp³-hybridized carbons (Fsp3) is 0.167. The van der Waals surface area contributed by atoms with Gasteiger partial charge in [0.2, 0.25) is 0 Å². The first-order chi connectivity index (χ1) is 20.5. The van der Waals surface area contributed by atoms with E-state index in [9.17, 15) is 0 Å². The minimum absolute atomic E-state index is 0. The summed E-state index contributed by atoms with van der Waals surface area (Å²) in [6, 6.07) is 38.8. The summed E-state index contributed by atoms with van der Waals surface area (Å²) >= 11 is 3.69. The van der Waals surface area contributed by atoms with Gasteiger partial charge in [-0.3, -0.25) is 4.48 Å². The fourth-order valence-electron chi connectivity index (χ4n) is 6.57. The summed E-state index contributed by atoms with van der Waals surface area (Å²) in [4.78, 5) is 4.76. The number of ether oxygens (including phenoxy) is 2. The van der Waals surface area contributed by atoms with Gasteiger partial charge in [0.15, 0.2) is 6.67 Å². The lowest BCUT2D eigenvalue weighted by Crippen LogP contribution is -3.00. The van der Waals surface area contributed by atoms with E-state index in [-0.39, 0.29) is 24.0 Å². The Morgan fingerprint density at radius 1 is 0.721 bits per heavy atom. The van der Waals surface area contributed by atoms with Gasteiger partial charge in [-0.05, 0) is 70.0 Å². The smallest absolute Gasteiger partial charge is 0.159 e. The summed E-state index contributed by atoms with van der Waals surface area (Å²) in [6.45, 7) is 2.66. The number of methoxy groups -OCH3 is 2. The van der Waals surface area contributed by atoms with E-state index in [0.29, 0.717) is 0 Å². The van der Waals surface area contributed by atoms with E-state index in [1.54, 1.807) is 14.2 Å². The van der Waals surface area contributed by atoms with E-state index in [0.717, 1.165) is 68.4 Å². The third kappa shape index (κ3) is 5.28. The molecule has 2 heterocycles. The highest BCUT2D eigenvalue weighted by atomic mass is 127. The number of hydrogen-bond donors (Lipinski definition) is 0.